The second-order valence-corrected chi connectivity index (χ2v) is 4.56. The third kappa shape index (κ3) is 2.90. The van der Waals surface area contributed by atoms with Crippen LogP contribution in [0.2, 0.25) is 0 Å². The molecule has 1 aromatic heterocycles. The average molecular weight is 244 g/mol. The van der Waals surface area contributed by atoms with Crippen LogP contribution in [0.3, 0.4) is 0 Å². The van der Waals surface area contributed by atoms with Crippen LogP contribution in [0, 0.1) is 0 Å². The summed E-state index contributed by atoms with van der Waals surface area (Å²) in [6, 6.07) is 8.56. The van der Waals surface area contributed by atoms with Gasteiger partial charge < -0.3 is 15.2 Å². The smallest absolute Gasteiger partial charge is 0.113 e. The summed E-state index contributed by atoms with van der Waals surface area (Å²) in [5.74, 6) is 1.07. The number of nitrogens with zero attached hydrogens (tertiary/aromatic N) is 3. The Labute approximate surface area is 108 Å². The summed E-state index contributed by atoms with van der Waals surface area (Å²) in [5, 5.41) is 0. The minimum atomic E-state index is 0.642. The van der Waals surface area contributed by atoms with E-state index in [4.69, 9.17) is 5.73 Å². The highest BCUT2D eigenvalue weighted by Crippen LogP contribution is 2.14. The predicted molar refractivity (Wildman–Crippen MR) is 74.9 cm³/mol. The van der Waals surface area contributed by atoms with Crippen LogP contribution in [0.5, 0.6) is 0 Å². The van der Waals surface area contributed by atoms with Crippen molar-refractivity contribution < 1.29 is 0 Å². The number of hydrogen-bond donors (Lipinski definition) is 1. The van der Waals surface area contributed by atoms with E-state index in [0.29, 0.717) is 6.54 Å². The molecule has 0 spiro atoms. The standard InChI is InChI=1S/C14H20N4/c1-17(2)13-5-3-12(4-6-13)11-14-16-8-10-18(14)9-7-15/h3-6,8,10H,7,9,11,15H2,1-2H3. The fourth-order valence-electron chi connectivity index (χ4n) is 1.94. The van der Waals surface area contributed by atoms with Gasteiger partial charge in [0.2, 0.25) is 0 Å². The molecule has 0 amide bonds. The summed E-state index contributed by atoms with van der Waals surface area (Å²) in [4.78, 5) is 6.48. The second kappa shape index (κ2) is 5.69. The number of nitrogens with two attached hydrogens (primary N) is 1. The van der Waals surface area contributed by atoms with Crippen molar-refractivity contribution >= 4 is 5.69 Å². The third-order valence-electron chi connectivity index (χ3n) is 2.99. The third-order valence-corrected chi connectivity index (χ3v) is 2.99. The number of benzene rings is 1. The van der Waals surface area contributed by atoms with Crippen LogP contribution in [-0.4, -0.2) is 30.2 Å². The van der Waals surface area contributed by atoms with Crippen LogP contribution in [0.15, 0.2) is 36.7 Å². The first-order chi connectivity index (χ1) is 8.70. The van der Waals surface area contributed by atoms with Gasteiger partial charge in [0.05, 0.1) is 0 Å². The lowest BCUT2D eigenvalue weighted by Crippen LogP contribution is -2.12. The molecular formula is C14H20N4. The molecule has 2 N–H and O–H groups in total. The maximum atomic E-state index is 5.58. The largest absolute Gasteiger partial charge is 0.378 e. The van der Waals surface area contributed by atoms with Gasteiger partial charge in [0, 0.05) is 51.7 Å². The Morgan fingerprint density at radius 1 is 1.22 bits per heavy atom. The van der Waals surface area contributed by atoms with Crippen LogP contribution in [0.1, 0.15) is 11.4 Å². The van der Waals surface area contributed by atoms with Crippen molar-refractivity contribution in [3.8, 4) is 0 Å². The van der Waals surface area contributed by atoms with Gasteiger partial charge in [-0.1, -0.05) is 12.1 Å². The van der Waals surface area contributed by atoms with E-state index in [9.17, 15) is 0 Å². The monoisotopic (exact) mass is 244 g/mol. The zero-order valence-corrected chi connectivity index (χ0v) is 11.0. The van der Waals surface area contributed by atoms with Gasteiger partial charge in [0.1, 0.15) is 5.82 Å². The van der Waals surface area contributed by atoms with Crippen LogP contribution >= 0.6 is 0 Å². The van der Waals surface area contributed by atoms with Crippen molar-refractivity contribution in [1.29, 1.82) is 0 Å². The molecule has 2 aromatic rings. The van der Waals surface area contributed by atoms with E-state index in [1.807, 2.05) is 26.5 Å². The summed E-state index contributed by atoms with van der Waals surface area (Å²) in [6.07, 6.45) is 4.66. The first-order valence-corrected chi connectivity index (χ1v) is 6.17. The SMILES string of the molecule is CN(C)c1ccc(Cc2nccn2CCN)cc1. The van der Waals surface area contributed by atoms with Crippen molar-refractivity contribution in [2.24, 2.45) is 5.73 Å². The predicted octanol–water partition coefficient (Wildman–Crippen LogP) is 1.50. The molecule has 2 rings (SSSR count). The molecule has 96 valence electrons. The van der Waals surface area contributed by atoms with Crippen LogP contribution in [-0.2, 0) is 13.0 Å². The minimum absolute atomic E-state index is 0.642. The van der Waals surface area contributed by atoms with Gasteiger partial charge in [0.15, 0.2) is 0 Å². The van der Waals surface area contributed by atoms with Gasteiger partial charge >= 0.3 is 0 Å². The molecule has 0 unspecified atom stereocenters. The minimum Gasteiger partial charge on any atom is -0.378 e. The molecule has 18 heavy (non-hydrogen) atoms. The second-order valence-electron chi connectivity index (χ2n) is 4.56. The maximum absolute atomic E-state index is 5.58. The summed E-state index contributed by atoms with van der Waals surface area (Å²) in [5.41, 5.74) is 8.06. The van der Waals surface area contributed by atoms with Gasteiger partial charge in [-0.15, -0.1) is 0 Å². The zero-order valence-electron chi connectivity index (χ0n) is 11.0. The molecule has 0 saturated carbocycles. The van der Waals surface area contributed by atoms with E-state index in [1.165, 1.54) is 11.3 Å². The molecule has 0 radical (unpaired) electrons. The van der Waals surface area contributed by atoms with E-state index >= 15 is 0 Å². The van der Waals surface area contributed by atoms with E-state index in [0.717, 1.165) is 18.8 Å². The molecular weight excluding hydrogens is 224 g/mol. The van der Waals surface area contributed by atoms with Gasteiger partial charge in [-0.05, 0) is 17.7 Å². The summed E-state index contributed by atoms with van der Waals surface area (Å²) in [7, 11) is 4.09. The van der Waals surface area contributed by atoms with Crippen molar-refractivity contribution in [3.05, 3.63) is 48.0 Å². The van der Waals surface area contributed by atoms with E-state index in [-0.39, 0.29) is 0 Å². The number of aromatic nitrogens is 2. The highest BCUT2D eigenvalue weighted by molar-refractivity contribution is 5.46. The highest BCUT2D eigenvalue weighted by atomic mass is 15.1. The lowest BCUT2D eigenvalue weighted by molar-refractivity contribution is 0.671. The fourth-order valence-corrected chi connectivity index (χ4v) is 1.94. The lowest BCUT2D eigenvalue weighted by atomic mass is 10.1. The van der Waals surface area contributed by atoms with Crippen molar-refractivity contribution in [3.63, 3.8) is 0 Å². The quantitative estimate of drug-likeness (QED) is 0.867. The molecule has 0 bridgehead atoms. The fraction of sp³-hybridized carbons (Fsp3) is 0.357. The molecule has 0 aliphatic rings. The van der Waals surface area contributed by atoms with Gasteiger partial charge in [-0.2, -0.15) is 0 Å². The molecule has 0 atom stereocenters. The van der Waals surface area contributed by atoms with Gasteiger partial charge in [0.25, 0.3) is 0 Å². The van der Waals surface area contributed by atoms with Gasteiger partial charge in [-0.25, -0.2) is 4.98 Å². The first kappa shape index (κ1) is 12.6. The maximum Gasteiger partial charge on any atom is 0.113 e. The molecule has 1 heterocycles. The Bertz CT molecular complexity index is 485. The molecule has 0 aliphatic heterocycles. The Hall–Kier alpha value is -1.81. The average Bonchev–Trinajstić information content (AvgIpc) is 2.78. The summed E-state index contributed by atoms with van der Waals surface area (Å²) >= 11 is 0. The van der Waals surface area contributed by atoms with E-state index in [2.05, 4.69) is 38.7 Å². The lowest BCUT2D eigenvalue weighted by Gasteiger charge is -2.13. The summed E-state index contributed by atoms with van der Waals surface area (Å²) < 4.78 is 2.11. The van der Waals surface area contributed by atoms with Crippen molar-refractivity contribution in [1.82, 2.24) is 9.55 Å². The van der Waals surface area contributed by atoms with E-state index in [1.54, 1.807) is 0 Å². The molecule has 4 heteroatoms. The normalized spacial score (nSPS) is 10.6. The van der Waals surface area contributed by atoms with Crippen LogP contribution in [0.25, 0.3) is 0 Å². The van der Waals surface area contributed by atoms with Crippen LogP contribution in [0.4, 0.5) is 5.69 Å². The zero-order chi connectivity index (χ0) is 13.0. The summed E-state index contributed by atoms with van der Waals surface area (Å²) in [6.45, 7) is 1.47. The Kier molecular flexibility index (Phi) is 3.99. The van der Waals surface area contributed by atoms with E-state index < -0.39 is 0 Å². The van der Waals surface area contributed by atoms with Crippen molar-refractivity contribution in [2.45, 2.75) is 13.0 Å². The van der Waals surface area contributed by atoms with Crippen molar-refractivity contribution in [2.75, 3.05) is 25.5 Å². The number of hydrogen-bond acceptors (Lipinski definition) is 3. The molecule has 0 aliphatic carbocycles. The Morgan fingerprint density at radius 2 is 1.94 bits per heavy atom. The molecule has 0 fully saturated rings. The number of anilines is 1. The number of rotatable bonds is 5. The van der Waals surface area contributed by atoms with Crippen LogP contribution < -0.4 is 10.6 Å². The molecule has 4 nitrogen and oxygen atoms in total. The topological polar surface area (TPSA) is 47.1 Å². The molecule has 0 saturated heterocycles. The Morgan fingerprint density at radius 3 is 2.56 bits per heavy atom. The first-order valence-electron chi connectivity index (χ1n) is 6.17. The highest BCUT2D eigenvalue weighted by Gasteiger charge is 2.04. The Balaban J connectivity index is 2.11. The molecule has 1 aromatic carbocycles. The number of imidazole rings is 1. The van der Waals surface area contributed by atoms with Gasteiger partial charge in [-0.3, -0.25) is 0 Å².